The van der Waals surface area contributed by atoms with E-state index in [2.05, 4.69) is 9.97 Å². The van der Waals surface area contributed by atoms with Gasteiger partial charge in [-0.25, -0.2) is 4.98 Å². The van der Waals surface area contributed by atoms with Crippen molar-refractivity contribution in [3.05, 3.63) is 76.4 Å². The Balaban J connectivity index is 1.38. The molecule has 2 aromatic carbocycles. The highest BCUT2D eigenvalue weighted by atomic mass is 32.1. The van der Waals surface area contributed by atoms with Crippen molar-refractivity contribution in [1.82, 2.24) is 9.97 Å². The number of aryl methyl sites for hydroxylation is 2. The number of aromatic amines is 1. The van der Waals surface area contributed by atoms with E-state index in [-0.39, 0.29) is 18.8 Å². The SMILES string of the molecule is Cc1ccc(-c2nc(CC(=O)OCC(=O)c3c(C)[nH]c4ccccc34)cs2)cc1. The van der Waals surface area contributed by atoms with E-state index >= 15 is 0 Å². The van der Waals surface area contributed by atoms with Crippen molar-refractivity contribution >= 4 is 34.0 Å². The number of hydrogen-bond acceptors (Lipinski definition) is 5. The van der Waals surface area contributed by atoms with Crippen molar-refractivity contribution in [3.8, 4) is 10.6 Å². The van der Waals surface area contributed by atoms with Crippen molar-refractivity contribution in [3.63, 3.8) is 0 Å². The lowest BCUT2D eigenvalue weighted by Gasteiger charge is -2.04. The molecule has 0 aliphatic rings. The molecule has 0 saturated carbocycles. The Kier molecular flexibility index (Phi) is 5.27. The summed E-state index contributed by atoms with van der Waals surface area (Å²) in [4.78, 5) is 32.5. The second-order valence-corrected chi connectivity index (χ2v) is 7.80. The van der Waals surface area contributed by atoms with Gasteiger partial charge < -0.3 is 9.72 Å². The maximum atomic E-state index is 12.6. The number of rotatable bonds is 6. The average molecular weight is 404 g/mol. The molecule has 1 N–H and O–H groups in total. The number of aromatic nitrogens is 2. The molecule has 0 spiro atoms. The Morgan fingerprint density at radius 1 is 1.07 bits per heavy atom. The molecule has 0 unspecified atom stereocenters. The summed E-state index contributed by atoms with van der Waals surface area (Å²) in [5.41, 5.74) is 5.09. The molecule has 0 saturated heterocycles. The molecular formula is C23H20N2O3S. The summed E-state index contributed by atoms with van der Waals surface area (Å²) >= 11 is 1.49. The summed E-state index contributed by atoms with van der Waals surface area (Å²) in [7, 11) is 0. The smallest absolute Gasteiger partial charge is 0.312 e. The number of carbonyl (C=O) groups is 2. The van der Waals surface area contributed by atoms with Gasteiger partial charge in [-0.2, -0.15) is 0 Å². The predicted molar refractivity (Wildman–Crippen MR) is 114 cm³/mol. The van der Waals surface area contributed by atoms with Crippen LogP contribution in [-0.2, 0) is 16.0 Å². The first-order valence-corrected chi connectivity index (χ1v) is 10.2. The van der Waals surface area contributed by atoms with Gasteiger partial charge in [0.2, 0.25) is 5.78 Å². The number of ketones is 1. The number of H-pyrrole nitrogens is 1. The first-order chi connectivity index (χ1) is 14.0. The number of para-hydroxylation sites is 1. The van der Waals surface area contributed by atoms with E-state index in [1.807, 2.05) is 67.8 Å². The van der Waals surface area contributed by atoms with Gasteiger partial charge in [0, 0.05) is 33.1 Å². The summed E-state index contributed by atoms with van der Waals surface area (Å²) in [5, 5.41) is 3.55. The minimum absolute atomic E-state index is 0.0442. The van der Waals surface area contributed by atoms with Gasteiger partial charge in [-0.1, -0.05) is 48.0 Å². The van der Waals surface area contributed by atoms with E-state index in [4.69, 9.17) is 4.74 Å². The number of ether oxygens (including phenoxy) is 1. The van der Waals surface area contributed by atoms with E-state index < -0.39 is 5.97 Å². The van der Waals surface area contributed by atoms with E-state index in [1.165, 1.54) is 16.9 Å². The molecule has 0 atom stereocenters. The molecule has 4 aromatic rings. The molecule has 4 rings (SSSR count). The molecule has 0 aliphatic heterocycles. The summed E-state index contributed by atoms with van der Waals surface area (Å²) in [6.45, 7) is 3.60. The Morgan fingerprint density at radius 3 is 2.62 bits per heavy atom. The van der Waals surface area contributed by atoms with Crippen LogP contribution in [0.5, 0.6) is 0 Å². The zero-order valence-electron chi connectivity index (χ0n) is 16.2. The lowest BCUT2D eigenvalue weighted by molar-refractivity contribution is -0.141. The first kappa shape index (κ1) is 19.1. The van der Waals surface area contributed by atoms with Crippen LogP contribution >= 0.6 is 11.3 Å². The first-order valence-electron chi connectivity index (χ1n) is 9.29. The predicted octanol–water partition coefficient (Wildman–Crippen LogP) is 4.88. The minimum Gasteiger partial charge on any atom is -0.457 e. The number of esters is 1. The molecule has 29 heavy (non-hydrogen) atoms. The fourth-order valence-corrected chi connectivity index (χ4v) is 4.10. The Morgan fingerprint density at radius 2 is 1.83 bits per heavy atom. The summed E-state index contributed by atoms with van der Waals surface area (Å²) in [6.07, 6.45) is 0.0442. The third-order valence-corrected chi connectivity index (χ3v) is 5.65. The fraction of sp³-hybridized carbons (Fsp3) is 0.174. The van der Waals surface area contributed by atoms with Gasteiger partial charge in [-0.3, -0.25) is 9.59 Å². The molecule has 0 radical (unpaired) electrons. The zero-order valence-corrected chi connectivity index (χ0v) is 17.0. The van der Waals surface area contributed by atoms with E-state index in [0.717, 1.165) is 27.2 Å². The van der Waals surface area contributed by atoms with Crippen LogP contribution in [0.3, 0.4) is 0 Å². The highest BCUT2D eigenvalue weighted by Gasteiger charge is 2.18. The third kappa shape index (κ3) is 4.12. The van der Waals surface area contributed by atoms with E-state index in [0.29, 0.717) is 11.3 Å². The topological polar surface area (TPSA) is 72.0 Å². The number of carbonyl (C=O) groups excluding carboxylic acids is 2. The van der Waals surface area contributed by atoms with Gasteiger partial charge in [-0.15, -0.1) is 11.3 Å². The Hall–Kier alpha value is -3.25. The summed E-state index contributed by atoms with van der Waals surface area (Å²) in [5.74, 6) is -0.677. The van der Waals surface area contributed by atoms with Crippen molar-refractivity contribution in [2.45, 2.75) is 20.3 Å². The van der Waals surface area contributed by atoms with Crippen LogP contribution in [0.2, 0.25) is 0 Å². The van der Waals surface area contributed by atoms with Gasteiger partial charge in [0.1, 0.15) is 5.01 Å². The summed E-state index contributed by atoms with van der Waals surface area (Å²) in [6, 6.07) is 15.7. The van der Waals surface area contributed by atoms with Crippen LogP contribution in [0, 0.1) is 13.8 Å². The number of thiazole rings is 1. The van der Waals surface area contributed by atoms with Crippen LogP contribution in [0.4, 0.5) is 0 Å². The molecule has 2 heterocycles. The second kappa shape index (κ2) is 8.01. The van der Waals surface area contributed by atoms with Crippen molar-refractivity contribution in [2.24, 2.45) is 0 Å². The number of nitrogens with one attached hydrogen (secondary N) is 1. The highest BCUT2D eigenvalue weighted by molar-refractivity contribution is 7.13. The molecule has 0 fully saturated rings. The maximum Gasteiger partial charge on any atom is 0.312 e. The highest BCUT2D eigenvalue weighted by Crippen LogP contribution is 2.25. The van der Waals surface area contributed by atoms with Gasteiger partial charge in [-0.05, 0) is 19.9 Å². The molecule has 6 heteroatoms. The minimum atomic E-state index is -0.461. The quantitative estimate of drug-likeness (QED) is 0.367. The number of benzene rings is 2. The molecule has 0 aliphatic carbocycles. The average Bonchev–Trinajstić information content (AvgIpc) is 3.30. The van der Waals surface area contributed by atoms with Crippen LogP contribution in [0.1, 0.15) is 27.3 Å². The molecule has 0 amide bonds. The van der Waals surface area contributed by atoms with Gasteiger partial charge in [0.25, 0.3) is 0 Å². The molecular weight excluding hydrogens is 384 g/mol. The molecule has 0 bridgehead atoms. The monoisotopic (exact) mass is 404 g/mol. The van der Waals surface area contributed by atoms with Gasteiger partial charge in [0.05, 0.1) is 12.1 Å². The van der Waals surface area contributed by atoms with Crippen LogP contribution in [0.15, 0.2) is 53.9 Å². The largest absolute Gasteiger partial charge is 0.457 e. The molecule has 5 nitrogen and oxygen atoms in total. The van der Waals surface area contributed by atoms with Crippen LogP contribution < -0.4 is 0 Å². The maximum absolute atomic E-state index is 12.6. The van der Waals surface area contributed by atoms with E-state index in [1.54, 1.807) is 0 Å². The lowest BCUT2D eigenvalue weighted by atomic mass is 10.1. The third-order valence-electron chi connectivity index (χ3n) is 4.71. The standard InChI is InChI=1S/C23H20N2O3S/c1-14-7-9-16(10-8-14)23-25-17(13-29-23)11-21(27)28-12-20(26)22-15(2)24-19-6-4-3-5-18(19)22/h3-10,13,24H,11-12H2,1-2H3. The second-order valence-electron chi connectivity index (χ2n) is 6.94. The van der Waals surface area contributed by atoms with Crippen LogP contribution in [0.25, 0.3) is 21.5 Å². The molecule has 146 valence electrons. The van der Waals surface area contributed by atoms with Crippen molar-refractivity contribution < 1.29 is 14.3 Å². The van der Waals surface area contributed by atoms with Crippen molar-refractivity contribution in [2.75, 3.05) is 6.61 Å². The van der Waals surface area contributed by atoms with Crippen molar-refractivity contribution in [1.29, 1.82) is 0 Å². The zero-order chi connectivity index (χ0) is 20.4. The summed E-state index contributed by atoms with van der Waals surface area (Å²) < 4.78 is 5.23. The number of Topliss-reactive ketones (excluding diaryl/α,β-unsaturated/α-hetero) is 1. The van der Waals surface area contributed by atoms with Crippen LogP contribution in [-0.4, -0.2) is 28.3 Å². The lowest BCUT2D eigenvalue weighted by Crippen LogP contribution is -2.16. The van der Waals surface area contributed by atoms with Gasteiger partial charge >= 0.3 is 5.97 Å². The fourth-order valence-electron chi connectivity index (χ4n) is 3.27. The van der Waals surface area contributed by atoms with Gasteiger partial charge in [0.15, 0.2) is 6.61 Å². The number of nitrogens with zero attached hydrogens (tertiary/aromatic N) is 1. The van der Waals surface area contributed by atoms with E-state index in [9.17, 15) is 9.59 Å². The Bertz CT molecular complexity index is 1190. The number of fused-ring (bicyclic) bond motifs is 1. The normalized spacial score (nSPS) is 11.0. The number of hydrogen-bond donors (Lipinski definition) is 1. The Labute approximate surface area is 172 Å². The molecule has 2 aromatic heterocycles.